The zero-order valence-electron chi connectivity index (χ0n) is 19.0. The largest absolute Gasteiger partial charge is 0.457 e. The van der Waals surface area contributed by atoms with Crippen molar-refractivity contribution < 1.29 is 23.9 Å². The topological polar surface area (TPSA) is 112 Å². The molecule has 3 atom stereocenters. The van der Waals surface area contributed by atoms with Crippen molar-refractivity contribution in [2.45, 2.75) is 30.9 Å². The first kappa shape index (κ1) is 22.7. The van der Waals surface area contributed by atoms with Crippen molar-refractivity contribution in [3.63, 3.8) is 0 Å². The van der Waals surface area contributed by atoms with Crippen LogP contribution in [0.25, 0.3) is 0 Å². The van der Waals surface area contributed by atoms with Crippen LogP contribution in [-0.2, 0) is 20.7 Å². The minimum absolute atomic E-state index is 0.00831. The summed E-state index contributed by atoms with van der Waals surface area (Å²) in [6.07, 6.45) is 3.88. The van der Waals surface area contributed by atoms with E-state index in [1.54, 1.807) is 47.6 Å². The third-order valence-electron chi connectivity index (χ3n) is 6.53. The van der Waals surface area contributed by atoms with Gasteiger partial charge in [0.15, 0.2) is 5.78 Å². The number of primary amides is 1. The summed E-state index contributed by atoms with van der Waals surface area (Å²) in [5.41, 5.74) is 7.23. The fourth-order valence-corrected chi connectivity index (χ4v) is 4.93. The predicted molar refractivity (Wildman–Crippen MR) is 127 cm³/mol. The molecule has 0 spiro atoms. The molecule has 8 nitrogen and oxygen atoms in total. The van der Waals surface area contributed by atoms with Crippen LogP contribution in [0.3, 0.4) is 0 Å². The molecule has 3 unspecified atom stereocenters. The molecule has 35 heavy (non-hydrogen) atoms. The van der Waals surface area contributed by atoms with Gasteiger partial charge in [-0.15, -0.1) is 0 Å². The smallest absolute Gasteiger partial charge is 0.249 e. The van der Waals surface area contributed by atoms with Crippen molar-refractivity contribution in [2.24, 2.45) is 5.73 Å². The first-order valence-corrected chi connectivity index (χ1v) is 11.5. The monoisotopic (exact) mass is 471 g/mol. The summed E-state index contributed by atoms with van der Waals surface area (Å²) in [6, 6.07) is 17.1. The second-order valence-electron chi connectivity index (χ2n) is 8.69. The molecule has 2 saturated heterocycles. The van der Waals surface area contributed by atoms with E-state index in [0.717, 1.165) is 5.56 Å². The lowest BCUT2D eigenvalue weighted by Gasteiger charge is -2.29. The third-order valence-corrected chi connectivity index (χ3v) is 6.53. The van der Waals surface area contributed by atoms with E-state index in [1.807, 2.05) is 30.3 Å². The number of aromatic nitrogens is 1. The Balaban J connectivity index is 1.61. The summed E-state index contributed by atoms with van der Waals surface area (Å²) < 4.78 is 11.7. The second kappa shape index (κ2) is 9.68. The van der Waals surface area contributed by atoms with E-state index in [-0.39, 0.29) is 36.4 Å². The molecule has 8 heteroatoms. The number of carbonyl (C=O) groups is 3. The molecule has 2 aliphatic rings. The van der Waals surface area contributed by atoms with Crippen LogP contribution in [-0.4, -0.2) is 52.8 Å². The lowest BCUT2D eigenvalue weighted by atomic mass is 9.86. The fraction of sp³-hybridized carbons (Fsp3) is 0.259. The van der Waals surface area contributed by atoms with Gasteiger partial charge in [0.05, 0.1) is 12.0 Å². The highest BCUT2D eigenvalue weighted by Crippen LogP contribution is 2.38. The SMILES string of the molecule is NC(=O)c1cccc(Oc2ccccc2)c1C(Cc1ccncc1)C(=O)N1CCC2OCC(=O)C21. The Labute approximate surface area is 202 Å². The standard InChI is InChI=1S/C27H25N3O5/c28-26(32)19-7-4-8-22(35-18-5-2-1-3-6-18)24(19)20(15-17-9-12-29-13-10-17)27(33)30-14-11-23-25(30)21(31)16-34-23/h1-10,12-13,20,23,25H,11,14-16H2,(H2,28,32). The Morgan fingerprint density at radius 1 is 1.09 bits per heavy atom. The quantitative estimate of drug-likeness (QED) is 0.567. The highest BCUT2D eigenvalue weighted by Gasteiger charge is 2.48. The molecule has 0 bridgehead atoms. The van der Waals surface area contributed by atoms with E-state index in [1.165, 1.54) is 0 Å². The number of nitrogens with two attached hydrogens (primary N) is 1. The average molecular weight is 472 g/mol. The first-order valence-electron chi connectivity index (χ1n) is 11.5. The number of fused-ring (bicyclic) bond motifs is 1. The molecule has 3 aromatic rings. The summed E-state index contributed by atoms with van der Waals surface area (Å²) in [5, 5.41) is 0. The van der Waals surface area contributed by atoms with E-state index in [4.69, 9.17) is 15.2 Å². The minimum atomic E-state index is -0.813. The Bertz CT molecular complexity index is 1250. The van der Waals surface area contributed by atoms with Gasteiger partial charge in [-0.3, -0.25) is 19.4 Å². The number of amides is 2. The van der Waals surface area contributed by atoms with Gasteiger partial charge in [-0.05, 0) is 54.8 Å². The number of hydrogen-bond donors (Lipinski definition) is 1. The molecule has 1 aromatic heterocycles. The van der Waals surface area contributed by atoms with E-state index in [9.17, 15) is 14.4 Å². The van der Waals surface area contributed by atoms with Crippen LogP contribution in [0.5, 0.6) is 11.5 Å². The van der Waals surface area contributed by atoms with E-state index in [0.29, 0.717) is 30.0 Å². The fourth-order valence-electron chi connectivity index (χ4n) is 4.93. The molecule has 2 aliphatic heterocycles. The van der Waals surface area contributed by atoms with Gasteiger partial charge in [0.25, 0.3) is 0 Å². The summed E-state index contributed by atoms with van der Waals surface area (Å²) in [5.74, 6) is -0.916. The number of ketones is 1. The highest BCUT2D eigenvalue weighted by atomic mass is 16.5. The molecular formula is C27H25N3O5. The molecule has 5 rings (SSSR count). The summed E-state index contributed by atoms with van der Waals surface area (Å²) in [6.45, 7) is 0.411. The summed E-state index contributed by atoms with van der Waals surface area (Å²) >= 11 is 0. The number of para-hydroxylation sites is 1. The molecular weight excluding hydrogens is 446 g/mol. The zero-order chi connectivity index (χ0) is 24.4. The van der Waals surface area contributed by atoms with Crippen molar-refractivity contribution in [2.75, 3.05) is 13.2 Å². The van der Waals surface area contributed by atoms with Crippen molar-refractivity contribution in [1.82, 2.24) is 9.88 Å². The number of ether oxygens (including phenoxy) is 2. The molecule has 0 radical (unpaired) electrons. The van der Waals surface area contributed by atoms with Crippen LogP contribution in [0.1, 0.15) is 33.8 Å². The van der Waals surface area contributed by atoms with Gasteiger partial charge in [-0.1, -0.05) is 24.3 Å². The number of carbonyl (C=O) groups excluding carboxylic acids is 3. The van der Waals surface area contributed by atoms with Gasteiger partial charge in [0, 0.05) is 30.1 Å². The molecule has 0 aliphatic carbocycles. The Kier molecular flexibility index (Phi) is 6.29. The first-order chi connectivity index (χ1) is 17.0. The lowest BCUT2D eigenvalue weighted by molar-refractivity contribution is -0.137. The van der Waals surface area contributed by atoms with Gasteiger partial charge < -0.3 is 20.1 Å². The molecule has 2 amide bonds. The number of nitrogens with zero attached hydrogens (tertiary/aromatic N) is 2. The van der Waals surface area contributed by atoms with Crippen LogP contribution in [0.2, 0.25) is 0 Å². The minimum Gasteiger partial charge on any atom is -0.457 e. The Morgan fingerprint density at radius 2 is 1.86 bits per heavy atom. The Morgan fingerprint density at radius 3 is 2.60 bits per heavy atom. The van der Waals surface area contributed by atoms with Gasteiger partial charge in [-0.25, -0.2) is 0 Å². The van der Waals surface area contributed by atoms with Gasteiger partial charge in [-0.2, -0.15) is 0 Å². The van der Waals surface area contributed by atoms with Crippen LogP contribution >= 0.6 is 0 Å². The van der Waals surface area contributed by atoms with Gasteiger partial charge in [0.1, 0.15) is 24.1 Å². The number of pyridine rings is 1. The lowest BCUT2D eigenvalue weighted by Crippen LogP contribution is -2.44. The van der Waals surface area contributed by atoms with Crippen molar-refractivity contribution in [3.05, 3.63) is 89.7 Å². The predicted octanol–water partition coefficient (Wildman–Crippen LogP) is 2.87. The van der Waals surface area contributed by atoms with Crippen molar-refractivity contribution >= 4 is 17.6 Å². The summed E-state index contributed by atoms with van der Waals surface area (Å²) in [4.78, 5) is 44.8. The maximum absolute atomic E-state index is 14.1. The molecule has 2 aromatic carbocycles. The van der Waals surface area contributed by atoms with Crippen LogP contribution < -0.4 is 10.5 Å². The van der Waals surface area contributed by atoms with Crippen LogP contribution in [0.4, 0.5) is 0 Å². The molecule has 2 N–H and O–H groups in total. The zero-order valence-corrected chi connectivity index (χ0v) is 19.0. The van der Waals surface area contributed by atoms with Gasteiger partial charge >= 0.3 is 0 Å². The maximum atomic E-state index is 14.1. The second-order valence-corrected chi connectivity index (χ2v) is 8.69. The summed E-state index contributed by atoms with van der Waals surface area (Å²) in [7, 11) is 0. The average Bonchev–Trinajstić information content (AvgIpc) is 3.46. The molecule has 3 heterocycles. The van der Waals surface area contributed by atoms with Crippen LogP contribution in [0, 0.1) is 0 Å². The molecule has 2 fully saturated rings. The number of likely N-dealkylation sites (tertiary alicyclic amines) is 1. The van der Waals surface area contributed by atoms with E-state index in [2.05, 4.69) is 4.98 Å². The maximum Gasteiger partial charge on any atom is 0.249 e. The number of benzene rings is 2. The van der Waals surface area contributed by atoms with Gasteiger partial charge in [0.2, 0.25) is 11.8 Å². The molecule has 178 valence electrons. The number of rotatable bonds is 7. The van der Waals surface area contributed by atoms with Crippen LogP contribution in [0.15, 0.2) is 73.1 Å². The van der Waals surface area contributed by atoms with Crippen molar-refractivity contribution in [1.29, 1.82) is 0 Å². The molecule has 0 saturated carbocycles. The van der Waals surface area contributed by atoms with E-state index >= 15 is 0 Å². The van der Waals surface area contributed by atoms with E-state index < -0.39 is 17.9 Å². The normalized spacial score (nSPS) is 19.9. The third kappa shape index (κ3) is 4.52. The highest BCUT2D eigenvalue weighted by molar-refractivity contribution is 5.99. The number of Topliss-reactive ketones (excluding diaryl/α,β-unsaturated/α-hetero) is 1. The van der Waals surface area contributed by atoms with Crippen molar-refractivity contribution in [3.8, 4) is 11.5 Å². The Hall–Kier alpha value is -4.04. The number of hydrogen-bond acceptors (Lipinski definition) is 6.